The maximum absolute atomic E-state index is 11.0. The van der Waals surface area contributed by atoms with Crippen LogP contribution in [0.25, 0.3) is 0 Å². The zero-order valence-corrected chi connectivity index (χ0v) is 10.4. The van der Waals surface area contributed by atoms with E-state index in [0.29, 0.717) is 0 Å². The summed E-state index contributed by atoms with van der Waals surface area (Å²) in [5.74, 6) is -2.50. The van der Waals surface area contributed by atoms with Crippen molar-refractivity contribution in [2.45, 2.75) is 0 Å². The van der Waals surface area contributed by atoms with E-state index in [1.165, 1.54) is 6.07 Å². The molecule has 0 spiro atoms. The van der Waals surface area contributed by atoms with Crippen molar-refractivity contribution in [3.05, 3.63) is 26.7 Å². The van der Waals surface area contributed by atoms with Gasteiger partial charge in [0.25, 0.3) is 0 Å². The molecule has 0 atom stereocenters. The minimum absolute atomic E-state index is 0.0366. The highest BCUT2D eigenvalue weighted by Crippen LogP contribution is 2.37. The van der Waals surface area contributed by atoms with Crippen molar-refractivity contribution in [1.29, 1.82) is 0 Å². The maximum atomic E-state index is 11.0. The Morgan fingerprint density at radius 2 is 1.76 bits per heavy atom. The molecule has 0 aliphatic heterocycles. The van der Waals surface area contributed by atoms with Crippen LogP contribution in [0.3, 0.4) is 0 Å². The Morgan fingerprint density at radius 3 is 2.24 bits per heavy atom. The van der Waals surface area contributed by atoms with Gasteiger partial charge in [0.2, 0.25) is 0 Å². The first-order valence-corrected chi connectivity index (χ1v) is 5.34. The third-order valence-electron chi connectivity index (χ3n) is 1.80. The number of anilines is 1. The molecule has 1 aromatic rings. The summed E-state index contributed by atoms with van der Waals surface area (Å²) in [6, 6.07) is 1.18. The molecule has 0 radical (unpaired) electrons. The van der Waals surface area contributed by atoms with Gasteiger partial charge < -0.3 is 15.5 Å². The second-order valence-electron chi connectivity index (χ2n) is 2.96. The number of carboxylic acid groups (broad SMARTS) is 2. The molecule has 8 heteroatoms. The molecule has 1 rings (SSSR count). The number of halogens is 3. The lowest BCUT2D eigenvalue weighted by molar-refractivity contribution is -0.134. The first kappa shape index (κ1) is 13.9. The monoisotopic (exact) mass is 297 g/mol. The van der Waals surface area contributed by atoms with E-state index in [-0.39, 0.29) is 26.3 Å². The van der Waals surface area contributed by atoms with Crippen molar-refractivity contribution in [2.75, 3.05) is 11.9 Å². The lowest BCUT2D eigenvalue weighted by Gasteiger charge is -2.12. The fourth-order valence-electron chi connectivity index (χ4n) is 1.13. The number of hydrogen-bond acceptors (Lipinski definition) is 3. The molecule has 92 valence electrons. The minimum atomic E-state index is -1.33. The number of aliphatic carboxylic acids is 1. The third-order valence-corrected chi connectivity index (χ3v) is 2.89. The number of hydrogen-bond donors (Lipinski definition) is 3. The van der Waals surface area contributed by atoms with E-state index < -0.39 is 18.5 Å². The molecule has 0 bridgehead atoms. The summed E-state index contributed by atoms with van der Waals surface area (Å²) in [6.45, 7) is -0.503. The Kier molecular flexibility index (Phi) is 4.45. The van der Waals surface area contributed by atoms with Crippen LogP contribution in [-0.2, 0) is 4.79 Å². The van der Waals surface area contributed by atoms with Crippen molar-refractivity contribution < 1.29 is 19.8 Å². The van der Waals surface area contributed by atoms with Crippen LogP contribution in [0.1, 0.15) is 10.4 Å². The SMILES string of the molecule is O=C(O)CNc1c(Cl)c(Cl)cc(Cl)c1C(=O)O. The quantitative estimate of drug-likeness (QED) is 0.744. The van der Waals surface area contributed by atoms with Crippen LogP contribution in [0.2, 0.25) is 15.1 Å². The van der Waals surface area contributed by atoms with E-state index in [0.717, 1.165) is 0 Å². The molecular formula is C9H6Cl3NO4. The number of aromatic carboxylic acids is 1. The average Bonchev–Trinajstić information content (AvgIpc) is 2.20. The predicted molar refractivity (Wildman–Crippen MR) is 64.6 cm³/mol. The molecule has 0 fully saturated rings. The number of rotatable bonds is 4. The molecule has 0 unspecified atom stereocenters. The molecule has 3 N–H and O–H groups in total. The van der Waals surface area contributed by atoms with Gasteiger partial charge in [0, 0.05) is 0 Å². The summed E-state index contributed by atoms with van der Waals surface area (Å²) in [6.07, 6.45) is 0. The first-order chi connectivity index (χ1) is 7.84. The topological polar surface area (TPSA) is 86.6 Å². The molecule has 1 aromatic carbocycles. The summed E-state index contributed by atoms with van der Waals surface area (Å²) in [7, 11) is 0. The van der Waals surface area contributed by atoms with Crippen LogP contribution < -0.4 is 5.32 Å². The van der Waals surface area contributed by atoms with Crippen LogP contribution in [0, 0.1) is 0 Å². The van der Waals surface area contributed by atoms with Gasteiger partial charge >= 0.3 is 11.9 Å². The molecule has 17 heavy (non-hydrogen) atoms. The van der Waals surface area contributed by atoms with Gasteiger partial charge in [-0.15, -0.1) is 0 Å². The van der Waals surface area contributed by atoms with Crippen LogP contribution >= 0.6 is 34.8 Å². The fraction of sp³-hybridized carbons (Fsp3) is 0.111. The summed E-state index contributed by atoms with van der Waals surface area (Å²) in [5.41, 5.74) is -0.429. The van der Waals surface area contributed by atoms with Crippen molar-refractivity contribution in [1.82, 2.24) is 0 Å². The van der Waals surface area contributed by atoms with E-state index in [1.54, 1.807) is 0 Å². The molecule has 0 saturated heterocycles. The van der Waals surface area contributed by atoms with Gasteiger partial charge in [0.1, 0.15) is 12.1 Å². The van der Waals surface area contributed by atoms with E-state index in [9.17, 15) is 9.59 Å². The van der Waals surface area contributed by atoms with Gasteiger partial charge in [-0.05, 0) is 6.07 Å². The van der Waals surface area contributed by atoms with Gasteiger partial charge in [-0.2, -0.15) is 0 Å². The van der Waals surface area contributed by atoms with Gasteiger partial charge in [-0.1, -0.05) is 34.8 Å². The van der Waals surface area contributed by atoms with E-state index >= 15 is 0 Å². The predicted octanol–water partition coefficient (Wildman–Crippen LogP) is 2.84. The van der Waals surface area contributed by atoms with Crippen LogP contribution in [-0.4, -0.2) is 28.7 Å². The summed E-state index contributed by atoms with van der Waals surface area (Å²) in [5, 5.41) is 19.7. The first-order valence-electron chi connectivity index (χ1n) is 4.21. The minimum Gasteiger partial charge on any atom is -0.480 e. The largest absolute Gasteiger partial charge is 0.480 e. The van der Waals surface area contributed by atoms with Crippen LogP contribution in [0.15, 0.2) is 6.07 Å². The summed E-state index contributed by atoms with van der Waals surface area (Å²) >= 11 is 17.2. The Morgan fingerprint density at radius 1 is 1.18 bits per heavy atom. The second kappa shape index (κ2) is 5.44. The Labute approximate surface area is 111 Å². The lowest BCUT2D eigenvalue weighted by Crippen LogP contribution is -2.15. The standard InChI is InChI=1S/C9H6Cl3NO4/c10-3-1-4(11)7(12)8(6(3)9(16)17)13-2-5(14)15/h1,13H,2H2,(H,14,15)(H,16,17). The highest BCUT2D eigenvalue weighted by atomic mass is 35.5. The number of carboxylic acids is 2. The molecular weight excluding hydrogens is 292 g/mol. The van der Waals surface area contributed by atoms with Gasteiger partial charge in [-0.25, -0.2) is 4.79 Å². The zero-order chi connectivity index (χ0) is 13.2. The summed E-state index contributed by atoms with van der Waals surface area (Å²) in [4.78, 5) is 21.4. The number of benzene rings is 1. The van der Waals surface area contributed by atoms with E-state index in [2.05, 4.69) is 5.32 Å². The summed E-state index contributed by atoms with van der Waals surface area (Å²) < 4.78 is 0. The van der Waals surface area contributed by atoms with E-state index in [4.69, 9.17) is 45.0 Å². The molecule has 5 nitrogen and oxygen atoms in total. The highest BCUT2D eigenvalue weighted by molar-refractivity contribution is 6.46. The van der Waals surface area contributed by atoms with Crippen molar-refractivity contribution in [3.63, 3.8) is 0 Å². The van der Waals surface area contributed by atoms with Crippen LogP contribution in [0.4, 0.5) is 5.69 Å². The number of nitrogens with one attached hydrogen (secondary N) is 1. The van der Waals surface area contributed by atoms with Gasteiger partial charge in [0.05, 0.1) is 20.8 Å². The maximum Gasteiger partial charge on any atom is 0.339 e. The smallest absolute Gasteiger partial charge is 0.339 e. The molecule has 0 aliphatic carbocycles. The molecule has 0 heterocycles. The normalized spacial score (nSPS) is 10.1. The molecule has 0 saturated carbocycles. The third kappa shape index (κ3) is 3.15. The fourth-order valence-corrected chi connectivity index (χ4v) is 1.89. The zero-order valence-electron chi connectivity index (χ0n) is 8.13. The van der Waals surface area contributed by atoms with E-state index in [1.807, 2.05) is 0 Å². The Balaban J connectivity index is 3.32. The van der Waals surface area contributed by atoms with Crippen molar-refractivity contribution >= 4 is 52.4 Å². The molecule has 0 amide bonds. The molecule has 0 aromatic heterocycles. The van der Waals surface area contributed by atoms with Gasteiger partial charge in [-0.3, -0.25) is 4.79 Å². The Hall–Kier alpha value is -1.17. The average molecular weight is 299 g/mol. The molecule has 0 aliphatic rings. The second-order valence-corrected chi connectivity index (χ2v) is 4.15. The van der Waals surface area contributed by atoms with Crippen molar-refractivity contribution in [2.24, 2.45) is 0 Å². The Bertz CT molecular complexity index is 490. The number of carbonyl (C=O) groups is 2. The highest BCUT2D eigenvalue weighted by Gasteiger charge is 2.20. The van der Waals surface area contributed by atoms with Crippen molar-refractivity contribution in [3.8, 4) is 0 Å². The lowest BCUT2D eigenvalue weighted by atomic mass is 10.1. The van der Waals surface area contributed by atoms with Gasteiger partial charge in [0.15, 0.2) is 0 Å². The van der Waals surface area contributed by atoms with Crippen LogP contribution in [0.5, 0.6) is 0 Å².